The standard InChI is InChI=1S/C69H56O4/c1-65(2,3)33-13-17-37-41(21-33)45-29-57-49(25-53(45)61(37)70)50-26-54-46(42-22-34(66(4,5)6)14-18-38(42)62(54)71)30-58(50)69(57)59-31-47-43-23-35(67(7,8)9)15-19-39(43)63(72)55(47)27-51(59)52-28-56-48(32-60(52)69)44-24-36(68(10,11)12)16-20-40(44)64(56)73/h13-32H,1-12H3. The third-order valence-electron chi connectivity index (χ3n) is 17.5. The molecule has 0 aliphatic heterocycles. The molecule has 14 rings (SSSR count). The molecule has 0 amide bonds. The topological polar surface area (TPSA) is 68.3 Å². The van der Waals surface area contributed by atoms with Crippen molar-refractivity contribution in [2.45, 2.75) is 110 Å². The number of carbonyl (C=O) groups is 4. The van der Waals surface area contributed by atoms with Crippen molar-refractivity contribution in [3.8, 4) is 66.8 Å². The van der Waals surface area contributed by atoms with Crippen LogP contribution in [0.4, 0.5) is 0 Å². The quantitative estimate of drug-likeness (QED) is 0.152. The van der Waals surface area contributed by atoms with E-state index in [-0.39, 0.29) is 44.8 Å². The minimum atomic E-state index is -1.01. The lowest BCUT2D eigenvalue weighted by Crippen LogP contribution is -2.26. The summed E-state index contributed by atoms with van der Waals surface area (Å²) in [6, 6.07) is 42.7. The van der Waals surface area contributed by atoms with Crippen LogP contribution in [-0.2, 0) is 27.1 Å². The van der Waals surface area contributed by atoms with Crippen LogP contribution in [0.2, 0.25) is 0 Å². The van der Waals surface area contributed by atoms with Crippen molar-refractivity contribution >= 4 is 23.1 Å². The highest BCUT2D eigenvalue weighted by Crippen LogP contribution is 2.67. The second kappa shape index (κ2) is 13.5. The first kappa shape index (κ1) is 44.2. The van der Waals surface area contributed by atoms with Gasteiger partial charge in [-0.1, -0.05) is 132 Å². The van der Waals surface area contributed by atoms with Crippen LogP contribution >= 0.6 is 0 Å². The molecule has 0 aromatic heterocycles. The minimum Gasteiger partial charge on any atom is -0.289 e. The highest BCUT2D eigenvalue weighted by molar-refractivity contribution is 6.27. The van der Waals surface area contributed by atoms with Crippen LogP contribution in [0.1, 0.15) is 191 Å². The van der Waals surface area contributed by atoms with Gasteiger partial charge in [-0.2, -0.15) is 0 Å². The maximum atomic E-state index is 14.8. The number of ketones is 4. The summed E-state index contributed by atoms with van der Waals surface area (Å²) in [5, 5.41) is 0. The van der Waals surface area contributed by atoms with E-state index in [0.29, 0.717) is 44.5 Å². The Bertz CT molecular complexity index is 3530. The lowest BCUT2D eigenvalue weighted by atomic mass is 9.69. The fourth-order valence-corrected chi connectivity index (χ4v) is 13.4. The fourth-order valence-electron chi connectivity index (χ4n) is 13.4. The molecule has 73 heavy (non-hydrogen) atoms. The van der Waals surface area contributed by atoms with E-state index in [2.05, 4.69) is 180 Å². The smallest absolute Gasteiger partial charge is 0.194 e. The zero-order valence-electron chi connectivity index (χ0n) is 43.7. The summed E-state index contributed by atoms with van der Waals surface area (Å²) in [5.74, 6) is -0.0277. The average molecular weight is 949 g/mol. The average Bonchev–Trinajstić information content (AvgIpc) is 4.11. The maximum Gasteiger partial charge on any atom is 0.194 e. The SMILES string of the molecule is CC(C)(C)c1ccc2c(c1)-c1cc3c(cc1C2=O)-c1cc2c(cc1C31c3cc4c(cc3-c3cc5c(cc31)-c1cc(C(C)(C)C)ccc1C5=O)C(=O)c1ccc(C(C)(C)C)cc1-4)-c1cc(C(C)(C)C)ccc1C2=O. The van der Waals surface area contributed by atoms with Crippen LogP contribution in [0.3, 0.4) is 0 Å². The van der Waals surface area contributed by atoms with Gasteiger partial charge in [-0.05, 0) is 206 Å². The van der Waals surface area contributed by atoms with Crippen LogP contribution in [0, 0.1) is 0 Å². The molecular formula is C69H56O4. The van der Waals surface area contributed by atoms with Crippen molar-refractivity contribution in [2.75, 3.05) is 0 Å². The minimum absolute atomic E-state index is 0.00693. The van der Waals surface area contributed by atoms with E-state index in [4.69, 9.17) is 0 Å². The van der Waals surface area contributed by atoms with Gasteiger partial charge in [0, 0.05) is 44.5 Å². The van der Waals surface area contributed by atoms with Gasteiger partial charge in [-0.25, -0.2) is 0 Å². The molecule has 0 unspecified atom stereocenters. The predicted molar refractivity (Wildman–Crippen MR) is 293 cm³/mol. The van der Waals surface area contributed by atoms with E-state index >= 15 is 0 Å². The molecule has 0 saturated heterocycles. The summed E-state index contributed by atoms with van der Waals surface area (Å²) < 4.78 is 0. The maximum absolute atomic E-state index is 14.8. The Kier molecular flexibility index (Phi) is 8.19. The van der Waals surface area contributed by atoms with Gasteiger partial charge in [0.2, 0.25) is 0 Å². The predicted octanol–water partition coefficient (Wildman–Crippen LogP) is 16.1. The van der Waals surface area contributed by atoms with Gasteiger partial charge in [-0.3, -0.25) is 19.2 Å². The molecule has 6 aliphatic rings. The summed E-state index contributed by atoms with van der Waals surface area (Å²) in [6.45, 7) is 26.4. The molecule has 0 N–H and O–H groups in total. The summed E-state index contributed by atoms with van der Waals surface area (Å²) in [5.41, 5.74) is 23.3. The molecule has 6 aliphatic carbocycles. The zero-order chi connectivity index (χ0) is 51.1. The van der Waals surface area contributed by atoms with Crippen molar-refractivity contribution < 1.29 is 19.2 Å². The Morgan fingerprint density at radius 2 is 0.411 bits per heavy atom. The van der Waals surface area contributed by atoms with Crippen molar-refractivity contribution in [1.29, 1.82) is 0 Å². The van der Waals surface area contributed by atoms with Crippen LogP contribution < -0.4 is 0 Å². The van der Waals surface area contributed by atoms with Crippen LogP contribution in [0.5, 0.6) is 0 Å². The molecule has 4 nitrogen and oxygen atoms in total. The molecule has 8 aromatic rings. The van der Waals surface area contributed by atoms with Gasteiger partial charge in [0.1, 0.15) is 0 Å². The molecule has 0 atom stereocenters. The van der Waals surface area contributed by atoms with Gasteiger partial charge in [0.15, 0.2) is 23.1 Å². The second-order valence-electron chi connectivity index (χ2n) is 25.9. The van der Waals surface area contributed by atoms with Crippen molar-refractivity contribution in [1.82, 2.24) is 0 Å². The van der Waals surface area contributed by atoms with E-state index in [1.807, 2.05) is 24.3 Å². The number of rotatable bonds is 0. The van der Waals surface area contributed by atoms with E-state index in [1.165, 1.54) is 0 Å². The summed E-state index contributed by atoms with van der Waals surface area (Å²) in [4.78, 5) is 59.2. The Morgan fingerprint density at radius 3 is 0.603 bits per heavy atom. The summed E-state index contributed by atoms with van der Waals surface area (Å²) in [7, 11) is 0. The van der Waals surface area contributed by atoms with Crippen LogP contribution in [-0.4, -0.2) is 23.1 Å². The van der Waals surface area contributed by atoms with Crippen LogP contribution in [0.25, 0.3) is 66.8 Å². The second-order valence-corrected chi connectivity index (χ2v) is 25.9. The van der Waals surface area contributed by atoms with E-state index in [9.17, 15) is 19.2 Å². The van der Waals surface area contributed by atoms with E-state index in [0.717, 1.165) is 111 Å². The molecule has 0 fully saturated rings. The Labute approximate surface area is 427 Å². The highest BCUT2D eigenvalue weighted by atomic mass is 16.1. The number of hydrogen-bond donors (Lipinski definition) is 0. The van der Waals surface area contributed by atoms with Crippen molar-refractivity contribution in [2.24, 2.45) is 0 Å². The Morgan fingerprint density at radius 1 is 0.219 bits per heavy atom. The number of fused-ring (bicyclic) bond motifs is 22. The summed E-state index contributed by atoms with van der Waals surface area (Å²) >= 11 is 0. The fraction of sp³-hybridized carbons (Fsp3) is 0.246. The Hall–Kier alpha value is -7.56. The molecular weight excluding hydrogens is 893 g/mol. The first-order chi connectivity index (χ1) is 34.3. The monoisotopic (exact) mass is 948 g/mol. The lowest BCUT2D eigenvalue weighted by molar-refractivity contribution is 0.103. The van der Waals surface area contributed by atoms with Gasteiger partial charge < -0.3 is 0 Å². The third kappa shape index (κ3) is 5.57. The molecule has 0 heterocycles. The number of benzene rings is 8. The largest absolute Gasteiger partial charge is 0.289 e. The van der Waals surface area contributed by atoms with Crippen LogP contribution in [0.15, 0.2) is 121 Å². The van der Waals surface area contributed by atoms with E-state index in [1.54, 1.807) is 0 Å². The van der Waals surface area contributed by atoms with E-state index < -0.39 is 5.41 Å². The van der Waals surface area contributed by atoms with Gasteiger partial charge in [0.25, 0.3) is 0 Å². The normalized spacial score (nSPS) is 15.6. The Balaban J connectivity index is 1.14. The van der Waals surface area contributed by atoms with Crippen molar-refractivity contribution in [3.05, 3.63) is 210 Å². The summed E-state index contributed by atoms with van der Waals surface area (Å²) in [6.07, 6.45) is 0. The first-order valence-electron chi connectivity index (χ1n) is 25.9. The zero-order valence-corrected chi connectivity index (χ0v) is 43.7. The molecule has 1 spiro atoms. The first-order valence-corrected chi connectivity index (χ1v) is 25.9. The molecule has 0 saturated carbocycles. The highest BCUT2D eigenvalue weighted by Gasteiger charge is 2.55. The third-order valence-corrected chi connectivity index (χ3v) is 17.5. The number of hydrogen-bond acceptors (Lipinski definition) is 4. The van der Waals surface area contributed by atoms with Gasteiger partial charge in [0.05, 0.1) is 5.41 Å². The lowest BCUT2D eigenvalue weighted by Gasteiger charge is -2.32. The number of carbonyl (C=O) groups excluding carboxylic acids is 4. The van der Waals surface area contributed by atoms with Crippen molar-refractivity contribution in [3.63, 3.8) is 0 Å². The molecule has 356 valence electrons. The molecule has 0 radical (unpaired) electrons. The molecule has 0 bridgehead atoms. The van der Waals surface area contributed by atoms with Gasteiger partial charge in [-0.15, -0.1) is 0 Å². The molecule has 4 heteroatoms. The molecule has 8 aromatic carbocycles. The van der Waals surface area contributed by atoms with Gasteiger partial charge >= 0.3 is 0 Å².